The molecule has 5 heteroatoms. The predicted octanol–water partition coefficient (Wildman–Crippen LogP) is 4.50. The number of carbonyl (C=O) groups is 1. The van der Waals surface area contributed by atoms with Crippen LogP contribution in [0.25, 0.3) is 0 Å². The van der Waals surface area contributed by atoms with Crippen LogP contribution in [0.15, 0.2) is 40.2 Å². The van der Waals surface area contributed by atoms with Crippen LogP contribution < -0.4 is 4.74 Å². The summed E-state index contributed by atoms with van der Waals surface area (Å²) in [6, 6.07) is 9.87. The minimum absolute atomic E-state index is 0.0664. The van der Waals surface area contributed by atoms with Crippen molar-refractivity contribution in [3.8, 4) is 5.75 Å². The molecule has 1 unspecified atom stereocenters. The Morgan fingerprint density at radius 1 is 1.43 bits per heavy atom. The largest absolute Gasteiger partial charge is 0.497 e. The van der Waals surface area contributed by atoms with Crippen LogP contribution in [0.4, 0.5) is 0 Å². The van der Waals surface area contributed by atoms with Crippen LogP contribution in [0.1, 0.15) is 34.1 Å². The number of nitrogens with zero attached hydrogens (tertiary/aromatic N) is 1. The van der Waals surface area contributed by atoms with Gasteiger partial charge < -0.3 is 9.64 Å². The predicted molar refractivity (Wildman–Crippen MR) is 88.0 cm³/mol. The van der Waals surface area contributed by atoms with Crippen LogP contribution in [0, 0.1) is 0 Å². The van der Waals surface area contributed by atoms with Gasteiger partial charge in [0.25, 0.3) is 5.91 Å². The lowest BCUT2D eigenvalue weighted by Gasteiger charge is -2.24. The number of likely N-dealkylation sites (tertiary alicyclic amines) is 1. The van der Waals surface area contributed by atoms with Crippen molar-refractivity contribution >= 4 is 33.2 Å². The van der Waals surface area contributed by atoms with E-state index in [1.807, 2.05) is 23.1 Å². The molecule has 2 aromatic rings. The zero-order valence-electron chi connectivity index (χ0n) is 11.7. The lowest BCUT2D eigenvalue weighted by atomic mass is 10.1. The van der Waals surface area contributed by atoms with Crippen molar-refractivity contribution in [3.05, 3.63) is 50.6 Å². The molecule has 21 heavy (non-hydrogen) atoms. The fourth-order valence-electron chi connectivity index (χ4n) is 2.74. The van der Waals surface area contributed by atoms with Gasteiger partial charge in [-0.3, -0.25) is 4.79 Å². The summed E-state index contributed by atoms with van der Waals surface area (Å²) in [7, 11) is 1.61. The molecule has 0 aliphatic carbocycles. The lowest BCUT2D eigenvalue weighted by molar-refractivity contribution is 0.0736. The van der Waals surface area contributed by atoms with Gasteiger partial charge in [-0.1, -0.05) is 6.07 Å². The first-order valence-electron chi connectivity index (χ1n) is 6.88. The molecule has 1 aromatic heterocycles. The second kappa shape index (κ2) is 6.20. The van der Waals surface area contributed by atoms with Gasteiger partial charge in [-0.2, -0.15) is 0 Å². The smallest absolute Gasteiger partial charge is 0.255 e. The zero-order chi connectivity index (χ0) is 14.8. The Hall–Kier alpha value is -1.33. The molecule has 1 saturated heterocycles. The zero-order valence-corrected chi connectivity index (χ0v) is 14.1. The number of rotatable bonds is 3. The van der Waals surface area contributed by atoms with Gasteiger partial charge >= 0.3 is 0 Å². The monoisotopic (exact) mass is 365 g/mol. The average molecular weight is 366 g/mol. The van der Waals surface area contributed by atoms with E-state index >= 15 is 0 Å². The summed E-state index contributed by atoms with van der Waals surface area (Å²) in [5.41, 5.74) is 0.665. The molecule has 0 bridgehead atoms. The molecule has 1 atom stereocenters. The number of carbonyl (C=O) groups excluding carboxylic acids is 1. The Morgan fingerprint density at radius 3 is 3.00 bits per heavy atom. The van der Waals surface area contributed by atoms with Crippen LogP contribution in [0.2, 0.25) is 0 Å². The Labute approximate surface area is 136 Å². The Balaban J connectivity index is 1.91. The number of hydrogen-bond acceptors (Lipinski definition) is 3. The molecule has 1 amide bonds. The second-order valence-electron chi connectivity index (χ2n) is 5.02. The van der Waals surface area contributed by atoms with E-state index in [9.17, 15) is 4.79 Å². The maximum absolute atomic E-state index is 12.9. The van der Waals surface area contributed by atoms with Crippen molar-refractivity contribution in [2.24, 2.45) is 0 Å². The summed E-state index contributed by atoms with van der Waals surface area (Å²) in [6.07, 6.45) is 2.09. The molecule has 3 nitrogen and oxygen atoms in total. The summed E-state index contributed by atoms with van der Waals surface area (Å²) in [5.74, 6) is 0.769. The molecule has 0 N–H and O–H groups in total. The third-order valence-electron chi connectivity index (χ3n) is 3.79. The van der Waals surface area contributed by atoms with Crippen molar-refractivity contribution in [2.45, 2.75) is 18.9 Å². The molecule has 1 aromatic carbocycles. The fourth-order valence-corrected chi connectivity index (χ4v) is 4.03. The molecule has 0 saturated carbocycles. The summed E-state index contributed by atoms with van der Waals surface area (Å²) in [6.45, 7) is 0.811. The van der Waals surface area contributed by atoms with E-state index in [1.165, 1.54) is 4.88 Å². The molecule has 1 fully saturated rings. The van der Waals surface area contributed by atoms with Crippen molar-refractivity contribution in [1.82, 2.24) is 4.90 Å². The molecule has 0 radical (unpaired) electrons. The number of methoxy groups -OCH3 is 1. The molecular weight excluding hydrogens is 350 g/mol. The molecule has 0 spiro atoms. The van der Waals surface area contributed by atoms with Crippen LogP contribution >= 0.6 is 27.3 Å². The van der Waals surface area contributed by atoms with Gasteiger partial charge in [-0.25, -0.2) is 0 Å². The third kappa shape index (κ3) is 2.85. The third-order valence-corrected chi connectivity index (χ3v) is 5.45. The Kier molecular flexibility index (Phi) is 4.31. The first-order valence-corrected chi connectivity index (χ1v) is 8.56. The Morgan fingerprint density at radius 2 is 2.29 bits per heavy atom. The van der Waals surface area contributed by atoms with Crippen LogP contribution in [-0.2, 0) is 0 Å². The van der Waals surface area contributed by atoms with E-state index < -0.39 is 0 Å². The highest BCUT2D eigenvalue weighted by molar-refractivity contribution is 9.10. The summed E-state index contributed by atoms with van der Waals surface area (Å²) < 4.78 is 6.04. The SMILES string of the molecule is COc1ccc(Br)c(C(=O)N2CCCC2c2cccs2)c1. The van der Waals surface area contributed by atoms with Gasteiger partial charge in [-0.15, -0.1) is 11.3 Å². The van der Waals surface area contributed by atoms with E-state index in [0.29, 0.717) is 11.3 Å². The second-order valence-corrected chi connectivity index (χ2v) is 6.85. The van der Waals surface area contributed by atoms with Gasteiger partial charge in [0.1, 0.15) is 5.75 Å². The fraction of sp³-hybridized carbons (Fsp3) is 0.312. The topological polar surface area (TPSA) is 29.5 Å². The van der Waals surface area contributed by atoms with Gasteiger partial charge in [0.2, 0.25) is 0 Å². The van der Waals surface area contributed by atoms with Gasteiger partial charge in [0.05, 0.1) is 18.7 Å². The van der Waals surface area contributed by atoms with Crippen molar-refractivity contribution < 1.29 is 9.53 Å². The standard InChI is InChI=1S/C16H16BrNO2S/c1-20-11-6-7-13(17)12(10-11)16(19)18-8-2-4-14(18)15-5-3-9-21-15/h3,5-7,9-10,14H,2,4,8H2,1H3. The molecule has 1 aliphatic rings. The number of amides is 1. The van der Waals surface area contributed by atoms with Gasteiger partial charge in [0.15, 0.2) is 0 Å². The van der Waals surface area contributed by atoms with E-state index in [1.54, 1.807) is 24.5 Å². The first-order chi connectivity index (χ1) is 10.2. The van der Waals surface area contributed by atoms with Crippen LogP contribution in [0.3, 0.4) is 0 Å². The number of halogens is 1. The highest BCUT2D eigenvalue weighted by atomic mass is 79.9. The van der Waals surface area contributed by atoms with Crippen LogP contribution in [-0.4, -0.2) is 24.5 Å². The summed E-state index contributed by atoms with van der Waals surface area (Å²) >= 11 is 5.19. The van der Waals surface area contributed by atoms with E-state index in [4.69, 9.17) is 4.74 Å². The average Bonchev–Trinajstić information content (AvgIpc) is 3.17. The van der Waals surface area contributed by atoms with E-state index in [-0.39, 0.29) is 11.9 Å². The van der Waals surface area contributed by atoms with Crippen LogP contribution in [0.5, 0.6) is 5.75 Å². The summed E-state index contributed by atoms with van der Waals surface area (Å²) in [4.78, 5) is 16.1. The Bertz CT molecular complexity index is 642. The van der Waals surface area contributed by atoms with Gasteiger partial charge in [-0.05, 0) is 58.4 Å². The highest BCUT2D eigenvalue weighted by Gasteiger charge is 2.32. The minimum Gasteiger partial charge on any atom is -0.497 e. The van der Waals surface area contributed by atoms with E-state index in [0.717, 1.165) is 23.9 Å². The van der Waals surface area contributed by atoms with Gasteiger partial charge in [0, 0.05) is 15.9 Å². The van der Waals surface area contributed by atoms with E-state index in [2.05, 4.69) is 27.4 Å². The summed E-state index contributed by atoms with van der Waals surface area (Å²) in [5, 5.41) is 2.07. The number of ether oxygens (including phenoxy) is 1. The number of benzene rings is 1. The quantitative estimate of drug-likeness (QED) is 0.801. The molecule has 110 valence electrons. The molecule has 1 aliphatic heterocycles. The highest BCUT2D eigenvalue weighted by Crippen LogP contribution is 2.36. The van der Waals surface area contributed by atoms with Crippen molar-refractivity contribution in [2.75, 3.05) is 13.7 Å². The molecule has 3 rings (SSSR count). The number of hydrogen-bond donors (Lipinski definition) is 0. The maximum atomic E-state index is 12.9. The lowest BCUT2D eigenvalue weighted by Crippen LogP contribution is -2.30. The maximum Gasteiger partial charge on any atom is 0.255 e. The molecular formula is C16H16BrNO2S. The first kappa shape index (κ1) is 14.6. The van der Waals surface area contributed by atoms with Crippen molar-refractivity contribution in [3.63, 3.8) is 0 Å². The van der Waals surface area contributed by atoms with Crippen molar-refractivity contribution in [1.29, 1.82) is 0 Å². The molecule has 2 heterocycles. The normalized spacial score (nSPS) is 18.0. The number of thiophene rings is 1. The minimum atomic E-state index is 0.0664.